The molecule has 0 aromatic heterocycles. The van der Waals surface area contributed by atoms with Gasteiger partial charge in [0.1, 0.15) is 17.7 Å². The molecule has 102 valence electrons. The molecule has 1 aliphatic rings. The number of hydrogen-bond acceptors (Lipinski definition) is 3. The topological polar surface area (TPSA) is 62.7 Å². The van der Waals surface area contributed by atoms with Crippen LogP contribution in [-0.4, -0.2) is 24.4 Å². The van der Waals surface area contributed by atoms with Crippen LogP contribution in [0.1, 0.15) is 13.3 Å². The fourth-order valence-corrected chi connectivity index (χ4v) is 1.69. The third-order valence-corrected chi connectivity index (χ3v) is 2.49. The minimum absolute atomic E-state index is 0.0507. The molecule has 2 amide bonds. The van der Waals surface area contributed by atoms with Crippen LogP contribution in [0.4, 0.5) is 19.3 Å². The van der Waals surface area contributed by atoms with Crippen molar-refractivity contribution in [3.8, 4) is 0 Å². The highest BCUT2D eigenvalue weighted by Gasteiger charge is 2.18. The van der Waals surface area contributed by atoms with Gasteiger partial charge in [-0.15, -0.1) is 0 Å². The number of halogens is 2. The summed E-state index contributed by atoms with van der Waals surface area (Å²) in [6.07, 6.45) is 0.449. The van der Waals surface area contributed by atoms with Crippen LogP contribution >= 0.6 is 0 Å². The van der Waals surface area contributed by atoms with Crippen LogP contribution in [0.25, 0.3) is 0 Å². The first-order valence-electron chi connectivity index (χ1n) is 5.73. The SMILES string of the molecule is CC1=NO[C@H](CNC(=O)Nc2cc(F)cc(F)c2)C1. The number of anilines is 1. The highest BCUT2D eigenvalue weighted by atomic mass is 19.1. The Morgan fingerprint density at radius 2 is 2.11 bits per heavy atom. The Bertz CT molecular complexity index is 499. The average molecular weight is 269 g/mol. The monoisotopic (exact) mass is 269 g/mol. The van der Waals surface area contributed by atoms with Gasteiger partial charge in [-0.25, -0.2) is 13.6 Å². The fourth-order valence-electron chi connectivity index (χ4n) is 1.69. The van der Waals surface area contributed by atoms with Gasteiger partial charge in [-0.05, 0) is 19.1 Å². The maximum absolute atomic E-state index is 12.9. The molecule has 7 heteroatoms. The maximum atomic E-state index is 12.9. The standard InChI is InChI=1S/C12H13F2N3O2/c1-7-2-11(19-17-7)6-15-12(18)16-10-4-8(13)3-9(14)5-10/h3-5,11H,2,6H2,1H3,(H2,15,16,18)/t11-/m0/s1. The zero-order valence-electron chi connectivity index (χ0n) is 10.2. The molecule has 1 aliphatic heterocycles. The number of nitrogens with zero attached hydrogens (tertiary/aromatic N) is 1. The summed E-state index contributed by atoms with van der Waals surface area (Å²) in [6.45, 7) is 2.10. The number of hydrogen-bond donors (Lipinski definition) is 2. The number of oxime groups is 1. The number of amides is 2. The van der Waals surface area contributed by atoms with Crippen LogP contribution in [-0.2, 0) is 4.84 Å². The highest BCUT2D eigenvalue weighted by Crippen LogP contribution is 2.13. The number of rotatable bonds is 3. The Balaban J connectivity index is 1.81. The Kier molecular flexibility index (Phi) is 3.94. The lowest BCUT2D eigenvalue weighted by molar-refractivity contribution is 0.0870. The van der Waals surface area contributed by atoms with Gasteiger partial charge < -0.3 is 15.5 Å². The van der Waals surface area contributed by atoms with Gasteiger partial charge in [-0.2, -0.15) is 0 Å². The van der Waals surface area contributed by atoms with Gasteiger partial charge in [0.2, 0.25) is 0 Å². The summed E-state index contributed by atoms with van der Waals surface area (Å²) in [5, 5.41) is 8.62. The van der Waals surface area contributed by atoms with Crippen LogP contribution in [0.3, 0.4) is 0 Å². The summed E-state index contributed by atoms with van der Waals surface area (Å²) in [5.74, 6) is -1.50. The van der Waals surface area contributed by atoms with Gasteiger partial charge in [0, 0.05) is 18.2 Å². The van der Waals surface area contributed by atoms with Crippen LogP contribution in [0.15, 0.2) is 23.4 Å². The zero-order valence-corrected chi connectivity index (χ0v) is 10.2. The third-order valence-electron chi connectivity index (χ3n) is 2.49. The second-order valence-corrected chi connectivity index (χ2v) is 4.25. The van der Waals surface area contributed by atoms with E-state index in [0.717, 1.165) is 23.9 Å². The molecule has 19 heavy (non-hydrogen) atoms. The van der Waals surface area contributed by atoms with E-state index in [1.165, 1.54) is 0 Å². The van der Waals surface area contributed by atoms with E-state index in [4.69, 9.17) is 4.84 Å². The first kappa shape index (κ1) is 13.3. The predicted octanol–water partition coefficient (Wildman–Crippen LogP) is 2.25. The molecule has 1 aromatic carbocycles. The van der Waals surface area contributed by atoms with E-state index < -0.39 is 17.7 Å². The lowest BCUT2D eigenvalue weighted by Gasteiger charge is -2.11. The first-order chi connectivity index (χ1) is 9.02. The number of carbonyl (C=O) groups excluding carboxylic acids is 1. The molecule has 0 bridgehead atoms. The fraction of sp³-hybridized carbons (Fsp3) is 0.333. The minimum atomic E-state index is -0.751. The maximum Gasteiger partial charge on any atom is 0.319 e. The van der Waals surface area contributed by atoms with Crippen molar-refractivity contribution in [1.29, 1.82) is 0 Å². The van der Waals surface area contributed by atoms with Gasteiger partial charge in [0.05, 0.1) is 12.3 Å². The quantitative estimate of drug-likeness (QED) is 0.884. The van der Waals surface area contributed by atoms with Crippen LogP contribution in [0, 0.1) is 11.6 Å². The third kappa shape index (κ3) is 3.90. The summed E-state index contributed by atoms with van der Waals surface area (Å²) in [7, 11) is 0. The van der Waals surface area contributed by atoms with Crippen LogP contribution in [0.2, 0.25) is 0 Å². The molecule has 1 aromatic rings. The van der Waals surface area contributed by atoms with E-state index in [2.05, 4.69) is 15.8 Å². The van der Waals surface area contributed by atoms with Gasteiger partial charge in [-0.3, -0.25) is 0 Å². The molecule has 1 heterocycles. The van der Waals surface area contributed by atoms with E-state index in [-0.39, 0.29) is 18.3 Å². The van der Waals surface area contributed by atoms with Crippen molar-refractivity contribution in [2.24, 2.45) is 5.16 Å². The highest BCUT2D eigenvalue weighted by molar-refractivity contribution is 5.89. The molecule has 1 atom stereocenters. The molecule has 0 spiro atoms. The Hall–Kier alpha value is -2.18. The van der Waals surface area contributed by atoms with Crippen molar-refractivity contribution in [3.63, 3.8) is 0 Å². The summed E-state index contributed by atoms with van der Waals surface area (Å²) in [5.41, 5.74) is 0.911. The lowest BCUT2D eigenvalue weighted by atomic mass is 10.2. The summed E-state index contributed by atoms with van der Waals surface area (Å²) < 4.78 is 25.8. The van der Waals surface area contributed by atoms with Gasteiger partial charge in [0.15, 0.2) is 0 Å². The number of benzene rings is 1. The lowest BCUT2D eigenvalue weighted by Crippen LogP contribution is -2.35. The predicted molar refractivity (Wildman–Crippen MR) is 66.0 cm³/mol. The Morgan fingerprint density at radius 1 is 1.42 bits per heavy atom. The van der Waals surface area contributed by atoms with E-state index in [1.54, 1.807) is 0 Å². The largest absolute Gasteiger partial charge is 0.390 e. The summed E-state index contributed by atoms with van der Waals surface area (Å²) in [6, 6.07) is 2.23. The van der Waals surface area contributed by atoms with Crippen LogP contribution in [0.5, 0.6) is 0 Å². The molecule has 0 fully saturated rings. The normalized spacial score (nSPS) is 17.6. The molecule has 5 nitrogen and oxygen atoms in total. The van der Waals surface area contributed by atoms with E-state index in [0.29, 0.717) is 6.42 Å². The molecule has 0 unspecified atom stereocenters. The second-order valence-electron chi connectivity index (χ2n) is 4.25. The van der Waals surface area contributed by atoms with Crippen molar-refractivity contribution in [2.45, 2.75) is 19.4 Å². The van der Waals surface area contributed by atoms with Crippen molar-refractivity contribution < 1.29 is 18.4 Å². The molecule has 0 radical (unpaired) electrons. The van der Waals surface area contributed by atoms with E-state index in [1.807, 2.05) is 6.92 Å². The van der Waals surface area contributed by atoms with Crippen LogP contribution < -0.4 is 10.6 Å². The molecular weight excluding hydrogens is 256 g/mol. The molecule has 0 aliphatic carbocycles. The number of carbonyl (C=O) groups is 1. The second kappa shape index (κ2) is 5.64. The Labute approximate surface area is 108 Å². The van der Waals surface area contributed by atoms with Gasteiger partial charge in [0.25, 0.3) is 0 Å². The summed E-state index contributed by atoms with van der Waals surface area (Å²) >= 11 is 0. The average Bonchev–Trinajstić information content (AvgIpc) is 2.71. The smallest absolute Gasteiger partial charge is 0.319 e. The minimum Gasteiger partial charge on any atom is -0.390 e. The van der Waals surface area contributed by atoms with E-state index >= 15 is 0 Å². The Morgan fingerprint density at radius 3 is 2.68 bits per heavy atom. The van der Waals surface area contributed by atoms with Gasteiger partial charge in [-0.1, -0.05) is 5.16 Å². The van der Waals surface area contributed by atoms with Gasteiger partial charge >= 0.3 is 6.03 Å². The van der Waals surface area contributed by atoms with Crippen molar-refractivity contribution in [3.05, 3.63) is 29.8 Å². The summed E-state index contributed by atoms with van der Waals surface area (Å²) in [4.78, 5) is 16.5. The van der Waals surface area contributed by atoms with Crippen molar-refractivity contribution in [1.82, 2.24) is 5.32 Å². The van der Waals surface area contributed by atoms with Crippen molar-refractivity contribution in [2.75, 3.05) is 11.9 Å². The number of nitrogens with one attached hydrogen (secondary N) is 2. The molecule has 2 rings (SSSR count). The van der Waals surface area contributed by atoms with E-state index in [9.17, 15) is 13.6 Å². The number of urea groups is 1. The molecular formula is C12H13F2N3O2. The first-order valence-corrected chi connectivity index (χ1v) is 5.73. The molecule has 2 N–H and O–H groups in total. The zero-order chi connectivity index (χ0) is 13.8. The van der Waals surface area contributed by atoms with Crippen molar-refractivity contribution >= 4 is 17.4 Å². The molecule has 0 saturated heterocycles. The molecule has 0 saturated carbocycles.